The molecule has 0 radical (unpaired) electrons. The molecule has 0 aliphatic carbocycles. The number of ether oxygens (including phenoxy) is 1. The second kappa shape index (κ2) is 5.28. The summed E-state index contributed by atoms with van der Waals surface area (Å²) < 4.78 is 5.44. The fraction of sp³-hybridized carbons (Fsp3) is 1.00. The van der Waals surface area contributed by atoms with Gasteiger partial charge in [0.15, 0.2) is 0 Å². The van der Waals surface area contributed by atoms with E-state index < -0.39 is 0 Å². The lowest BCUT2D eigenvalue weighted by atomic mass is 9.79. The van der Waals surface area contributed by atoms with Crippen LogP contribution in [0, 0.1) is 0 Å². The average Bonchev–Trinajstić information content (AvgIpc) is 2.32. The molecule has 0 spiro atoms. The summed E-state index contributed by atoms with van der Waals surface area (Å²) in [4.78, 5) is 0. The molecular formula is C12H24N2O. The summed E-state index contributed by atoms with van der Waals surface area (Å²) in [7, 11) is 1.82. The summed E-state index contributed by atoms with van der Waals surface area (Å²) in [5.74, 6) is 0. The first kappa shape index (κ1) is 11.4. The van der Waals surface area contributed by atoms with Gasteiger partial charge < -0.3 is 15.4 Å². The Morgan fingerprint density at radius 3 is 2.67 bits per heavy atom. The maximum Gasteiger partial charge on any atom is 0.0659 e. The van der Waals surface area contributed by atoms with Crippen molar-refractivity contribution in [3.8, 4) is 0 Å². The lowest BCUT2D eigenvalue weighted by molar-refractivity contribution is 0.0539. The molecule has 0 amide bonds. The standard InChI is InChI=1S/C12H24N2O/c1-15-10-12(7-3-5-9-14-12)11-6-2-4-8-13-11/h11,13-14H,2-10H2,1H3. The Kier molecular flexibility index (Phi) is 4.00. The van der Waals surface area contributed by atoms with Crippen molar-refractivity contribution in [2.24, 2.45) is 0 Å². The van der Waals surface area contributed by atoms with Crippen LogP contribution in [0.25, 0.3) is 0 Å². The maximum atomic E-state index is 5.44. The third kappa shape index (κ3) is 2.52. The fourth-order valence-corrected chi connectivity index (χ4v) is 3.09. The number of nitrogens with one attached hydrogen (secondary N) is 2. The van der Waals surface area contributed by atoms with Crippen LogP contribution in [0.2, 0.25) is 0 Å². The predicted molar refractivity (Wildman–Crippen MR) is 62.1 cm³/mol. The molecule has 0 bridgehead atoms. The zero-order valence-electron chi connectivity index (χ0n) is 9.85. The minimum absolute atomic E-state index is 0.216. The van der Waals surface area contributed by atoms with Gasteiger partial charge in [-0.15, -0.1) is 0 Å². The van der Waals surface area contributed by atoms with Crippen molar-refractivity contribution in [2.75, 3.05) is 26.8 Å². The van der Waals surface area contributed by atoms with Crippen molar-refractivity contribution < 1.29 is 4.74 Å². The van der Waals surface area contributed by atoms with Gasteiger partial charge in [0, 0.05) is 13.2 Å². The third-order valence-corrected chi connectivity index (χ3v) is 3.91. The van der Waals surface area contributed by atoms with Gasteiger partial charge in [0.05, 0.1) is 12.1 Å². The van der Waals surface area contributed by atoms with E-state index in [1.54, 1.807) is 0 Å². The van der Waals surface area contributed by atoms with E-state index in [-0.39, 0.29) is 5.54 Å². The average molecular weight is 212 g/mol. The van der Waals surface area contributed by atoms with Gasteiger partial charge in [-0.3, -0.25) is 0 Å². The van der Waals surface area contributed by atoms with Crippen molar-refractivity contribution in [3.05, 3.63) is 0 Å². The van der Waals surface area contributed by atoms with E-state index in [1.165, 1.54) is 45.1 Å². The molecule has 15 heavy (non-hydrogen) atoms. The Morgan fingerprint density at radius 2 is 2.07 bits per heavy atom. The maximum absolute atomic E-state index is 5.44. The quantitative estimate of drug-likeness (QED) is 0.739. The Morgan fingerprint density at radius 1 is 1.20 bits per heavy atom. The van der Waals surface area contributed by atoms with Gasteiger partial charge >= 0.3 is 0 Å². The highest BCUT2D eigenvalue weighted by Gasteiger charge is 2.39. The first-order valence-electron chi connectivity index (χ1n) is 6.35. The molecule has 0 saturated carbocycles. The zero-order chi connectivity index (χ0) is 10.6. The molecule has 2 atom stereocenters. The molecule has 3 heteroatoms. The first-order chi connectivity index (χ1) is 7.37. The SMILES string of the molecule is COCC1(C2CCCCN2)CCCCN1. The highest BCUT2D eigenvalue weighted by Crippen LogP contribution is 2.27. The van der Waals surface area contributed by atoms with Gasteiger partial charge in [-0.1, -0.05) is 12.8 Å². The van der Waals surface area contributed by atoms with E-state index >= 15 is 0 Å². The summed E-state index contributed by atoms with van der Waals surface area (Å²) in [5, 5.41) is 7.39. The van der Waals surface area contributed by atoms with Crippen molar-refractivity contribution in [1.29, 1.82) is 0 Å². The van der Waals surface area contributed by atoms with Gasteiger partial charge in [-0.05, 0) is 38.8 Å². The largest absolute Gasteiger partial charge is 0.383 e. The number of rotatable bonds is 3. The molecular weight excluding hydrogens is 188 g/mol. The van der Waals surface area contributed by atoms with E-state index in [9.17, 15) is 0 Å². The lowest BCUT2D eigenvalue weighted by Crippen LogP contribution is -2.65. The van der Waals surface area contributed by atoms with Gasteiger partial charge in [0.25, 0.3) is 0 Å². The Bertz CT molecular complexity index is 179. The molecule has 0 aromatic heterocycles. The normalized spacial score (nSPS) is 37.8. The van der Waals surface area contributed by atoms with E-state index in [1.807, 2.05) is 7.11 Å². The van der Waals surface area contributed by atoms with Gasteiger partial charge in [-0.2, -0.15) is 0 Å². The van der Waals surface area contributed by atoms with Crippen LogP contribution in [0.1, 0.15) is 38.5 Å². The minimum atomic E-state index is 0.216. The molecule has 3 nitrogen and oxygen atoms in total. The molecule has 2 unspecified atom stereocenters. The molecule has 2 rings (SSSR count). The summed E-state index contributed by atoms with van der Waals surface area (Å²) in [6, 6.07) is 0.617. The smallest absolute Gasteiger partial charge is 0.0659 e. The monoisotopic (exact) mass is 212 g/mol. The van der Waals surface area contributed by atoms with Crippen LogP contribution in [-0.2, 0) is 4.74 Å². The minimum Gasteiger partial charge on any atom is -0.383 e. The molecule has 2 saturated heterocycles. The zero-order valence-corrected chi connectivity index (χ0v) is 9.85. The summed E-state index contributed by atoms with van der Waals surface area (Å²) in [6.07, 6.45) is 7.92. The Labute approximate surface area is 93.0 Å². The third-order valence-electron chi connectivity index (χ3n) is 3.91. The number of hydrogen-bond acceptors (Lipinski definition) is 3. The van der Waals surface area contributed by atoms with Crippen LogP contribution in [0.15, 0.2) is 0 Å². The van der Waals surface area contributed by atoms with Crippen LogP contribution >= 0.6 is 0 Å². The molecule has 0 aromatic carbocycles. The van der Waals surface area contributed by atoms with E-state index in [4.69, 9.17) is 4.74 Å². The molecule has 2 fully saturated rings. The van der Waals surface area contributed by atoms with Crippen LogP contribution in [0.4, 0.5) is 0 Å². The van der Waals surface area contributed by atoms with E-state index in [2.05, 4.69) is 10.6 Å². The number of methoxy groups -OCH3 is 1. The van der Waals surface area contributed by atoms with Gasteiger partial charge in [0.2, 0.25) is 0 Å². The predicted octanol–water partition coefficient (Wildman–Crippen LogP) is 1.29. The second-order valence-electron chi connectivity index (χ2n) is 4.98. The van der Waals surface area contributed by atoms with E-state index in [0.717, 1.165) is 13.2 Å². The fourth-order valence-electron chi connectivity index (χ4n) is 3.09. The molecule has 2 heterocycles. The molecule has 88 valence electrons. The number of piperidine rings is 2. The Balaban J connectivity index is 2.01. The molecule has 2 N–H and O–H groups in total. The summed E-state index contributed by atoms with van der Waals surface area (Å²) >= 11 is 0. The van der Waals surface area contributed by atoms with Gasteiger partial charge in [-0.25, -0.2) is 0 Å². The first-order valence-corrected chi connectivity index (χ1v) is 6.35. The molecule has 0 aromatic rings. The van der Waals surface area contributed by atoms with Crippen LogP contribution in [0.5, 0.6) is 0 Å². The van der Waals surface area contributed by atoms with Crippen LogP contribution in [-0.4, -0.2) is 38.4 Å². The molecule has 2 aliphatic heterocycles. The van der Waals surface area contributed by atoms with Crippen LogP contribution < -0.4 is 10.6 Å². The highest BCUT2D eigenvalue weighted by molar-refractivity contribution is 5.01. The van der Waals surface area contributed by atoms with Crippen molar-refractivity contribution in [1.82, 2.24) is 10.6 Å². The topological polar surface area (TPSA) is 33.3 Å². The summed E-state index contributed by atoms with van der Waals surface area (Å²) in [5.41, 5.74) is 0.216. The number of hydrogen-bond donors (Lipinski definition) is 2. The second-order valence-corrected chi connectivity index (χ2v) is 4.98. The summed E-state index contributed by atoms with van der Waals surface area (Å²) in [6.45, 7) is 3.18. The Hall–Kier alpha value is -0.120. The van der Waals surface area contributed by atoms with Crippen LogP contribution in [0.3, 0.4) is 0 Å². The van der Waals surface area contributed by atoms with Crippen molar-refractivity contribution in [2.45, 2.75) is 50.1 Å². The van der Waals surface area contributed by atoms with E-state index in [0.29, 0.717) is 6.04 Å². The lowest BCUT2D eigenvalue weighted by Gasteiger charge is -2.46. The highest BCUT2D eigenvalue weighted by atomic mass is 16.5. The van der Waals surface area contributed by atoms with Crippen molar-refractivity contribution in [3.63, 3.8) is 0 Å². The van der Waals surface area contributed by atoms with Crippen molar-refractivity contribution >= 4 is 0 Å². The molecule has 2 aliphatic rings. The van der Waals surface area contributed by atoms with Gasteiger partial charge in [0.1, 0.15) is 0 Å².